The first-order valence-corrected chi connectivity index (χ1v) is 13.3. The summed E-state index contributed by atoms with van der Waals surface area (Å²) in [7, 11) is 0. The summed E-state index contributed by atoms with van der Waals surface area (Å²) in [5.74, 6) is 0. The van der Waals surface area contributed by atoms with Crippen LogP contribution in [0.3, 0.4) is 0 Å². The largest absolute Gasteiger partial charge is 0.345 e. The molecule has 0 amide bonds. The highest BCUT2D eigenvalue weighted by molar-refractivity contribution is 7.81. The SMILES string of the molecule is Cc1ccc(-c2cn3c(C(=S)Nc4cccc(Cl)c4)c(-c4ccc(Cl)cc4)c4c3n2CCCC4)cc1. The van der Waals surface area contributed by atoms with Crippen LogP contribution in [0.25, 0.3) is 28.0 Å². The minimum atomic E-state index is 0.664. The normalized spacial score (nSPS) is 13.1. The summed E-state index contributed by atoms with van der Waals surface area (Å²) in [4.78, 5) is 0.664. The molecule has 0 bridgehead atoms. The monoisotopic (exact) mass is 529 g/mol. The van der Waals surface area contributed by atoms with Crippen molar-refractivity contribution < 1.29 is 0 Å². The first-order valence-electron chi connectivity index (χ1n) is 12.2. The second-order valence-electron chi connectivity index (χ2n) is 9.36. The number of nitrogens with one attached hydrogen (secondary N) is 1. The van der Waals surface area contributed by atoms with Crippen molar-refractivity contribution in [2.24, 2.45) is 0 Å². The van der Waals surface area contributed by atoms with Gasteiger partial charge in [-0.25, -0.2) is 0 Å². The molecule has 0 fully saturated rings. The van der Waals surface area contributed by atoms with Crippen LogP contribution in [0, 0.1) is 6.92 Å². The van der Waals surface area contributed by atoms with Gasteiger partial charge in [-0.1, -0.05) is 83.4 Å². The lowest BCUT2D eigenvalue weighted by molar-refractivity contribution is 0.647. The van der Waals surface area contributed by atoms with Crippen LogP contribution in [0.1, 0.15) is 29.7 Å². The van der Waals surface area contributed by atoms with E-state index < -0.39 is 0 Å². The van der Waals surface area contributed by atoms with Crippen molar-refractivity contribution >= 4 is 51.7 Å². The van der Waals surface area contributed by atoms with Gasteiger partial charge >= 0.3 is 0 Å². The summed E-state index contributed by atoms with van der Waals surface area (Å²) in [5.41, 5.74) is 10.4. The summed E-state index contributed by atoms with van der Waals surface area (Å²) in [6.45, 7) is 3.10. The molecule has 6 heteroatoms. The number of rotatable bonds is 4. The molecule has 3 nitrogen and oxygen atoms in total. The highest BCUT2D eigenvalue weighted by atomic mass is 35.5. The standard InChI is InChI=1S/C30H25Cl2N3S/c1-19-8-10-20(11-9-19)26-18-35-28(29(36)33-24-6-4-5-23(32)17-24)27(21-12-14-22(31)15-13-21)25-7-2-3-16-34(26)30(25)35/h4-6,8-15,17-18H,2-3,7,16H2,1H3,(H,33,36). The fourth-order valence-electron chi connectivity index (χ4n) is 5.25. The van der Waals surface area contributed by atoms with Gasteiger partial charge in [0.05, 0.1) is 11.4 Å². The molecule has 180 valence electrons. The zero-order valence-electron chi connectivity index (χ0n) is 19.9. The Balaban J connectivity index is 1.61. The van der Waals surface area contributed by atoms with Crippen molar-refractivity contribution in [2.75, 3.05) is 5.32 Å². The molecule has 5 aromatic rings. The molecule has 3 aromatic carbocycles. The molecule has 0 atom stereocenters. The van der Waals surface area contributed by atoms with Crippen LogP contribution in [0.15, 0.2) is 79.0 Å². The van der Waals surface area contributed by atoms with Crippen LogP contribution < -0.4 is 5.32 Å². The van der Waals surface area contributed by atoms with E-state index in [9.17, 15) is 0 Å². The predicted octanol–water partition coefficient (Wildman–Crippen LogP) is 8.81. The molecule has 3 heterocycles. The first kappa shape index (κ1) is 23.4. The Kier molecular flexibility index (Phi) is 6.12. The van der Waals surface area contributed by atoms with E-state index in [2.05, 4.69) is 63.8 Å². The summed E-state index contributed by atoms with van der Waals surface area (Å²) < 4.78 is 4.76. The molecule has 0 aliphatic carbocycles. The number of aryl methyl sites for hydroxylation is 3. The number of halogens is 2. The van der Waals surface area contributed by atoms with Crippen LogP contribution in [-0.4, -0.2) is 14.0 Å². The van der Waals surface area contributed by atoms with Gasteiger partial charge in [-0.15, -0.1) is 0 Å². The van der Waals surface area contributed by atoms with Gasteiger partial charge < -0.3 is 9.88 Å². The van der Waals surface area contributed by atoms with Gasteiger partial charge in [-0.05, 0) is 67.6 Å². The molecule has 2 aromatic heterocycles. The number of hydrogen-bond acceptors (Lipinski definition) is 1. The fraction of sp³-hybridized carbons (Fsp3) is 0.167. The third-order valence-corrected chi connectivity index (χ3v) is 7.69. The third kappa shape index (κ3) is 4.13. The minimum Gasteiger partial charge on any atom is -0.345 e. The molecule has 0 saturated heterocycles. The van der Waals surface area contributed by atoms with Gasteiger partial charge in [0.25, 0.3) is 0 Å². The average molecular weight is 531 g/mol. The van der Waals surface area contributed by atoms with Crippen LogP contribution >= 0.6 is 35.4 Å². The van der Waals surface area contributed by atoms with Gasteiger partial charge in [0.1, 0.15) is 10.6 Å². The lowest BCUT2D eigenvalue weighted by Gasteiger charge is -2.12. The minimum absolute atomic E-state index is 0.664. The topological polar surface area (TPSA) is 21.4 Å². The Bertz CT molecular complexity index is 1590. The third-order valence-electron chi connectivity index (χ3n) is 6.91. The van der Waals surface area contributed by atoms with E-state index in [1.807, 2.05) is 36.4 Å². The zero-order valence-corrected chi connectivity index (χ0v) is 22.2. The molecule has 1 aliphatic heterocycles. The van der Waals surface area contributed by atoms with Crippen LogP contribution in [-0.2, 0) is 13.0 Å². The maximum absolute atomic E-state index is 6.26. The molecule has 0 saturated carbocycles. The van der Waals surface area contributed by atoms with Crippen LogP contribution in [0.4, 0.5) is 5.69 Å². The van der Waals surface area contributed by atoms with Crippen LogP contribution in [0.5, 0.6) is 0 Å². The van der Waals surface area contributed by atoms with E-state index in [0.29, 0.717) is 10.0 Å². The van der Waals surface area contributed by atoms with E-state index in [1.165, 1.54) is 33.6 Å². The maximum Gasteiger partial charge on any atom is 0.128 e. The molecule has 0 radical (unpaired) electrons. The van der Waals surface area contributed by atoms with Crippen molar-refractivity contribution in [3.05, 3.63) is 106 Å². The molecule has 0 spiro atoms. The molecule has 1 aliphatic rings. The summed E-state index contributed by atoms with van der Waals surface area (Å²) in [6, 6.07) is 24.5. The summed E-state index contributed by atoms with van der Waals surface area (Å²) in [5, 5.41) is 4.85. The number of anilines is 1. The Hall–Kier alpha value is -3.05. The van der Waals surface area contributed by atoms with E-state index in [4.69, 9.17) is 35.4 Å². The lowest BCUT2D eigenvalue weighted by atomic mass is 9.98. The molecular weight excluding hydrogens is 505 g/mol. The molecular formula is C30H25Cl2N3S. The average Bonchev–Trinajstić information content (AvgIpc) is 3.28. The highest BCUT2D eigenvalue weighted by Gasteiger charge is 2.28. The molecule has 36 heavy (non-hydrogen) atoms. The van der Waals surface area contributed by atoms with Crippen molar-refractivity contribution in [3.8, 4) is 22.4 Å². The number of nitrogens with zero attached hydrogens (tertiary/aromatic N) is 2. The van der Waals surface area contributed by atoms with Gasteiger partial charge in [-0.3, -0.25) is 4.40 Å². The van der Waals surface area contributed by atoms with Crippen molar-refractivity contribution in [1.82, 2.24) is 8.97 Å². The van der Waals surface area contributed by atoms with Crippen molar-refractivity contribution in [3.63, 3.8) is 0 Å². The summed E-state index contributed by atoms with van der Waals surface area (Å²) >= 11 is 18.6. The number of hydrogen-bond donors (Lipinski definition) is 1. The Labute approximate surface area is 226 Å². The molecule has 6 rings (SSSR count). The zero-order chi connectivity index (χ0) is 24.8. The quantitative estimate of drug-likeness (QED) is 0.235. The van der Waals surface area contributed by atoms with Gasteiger partial charge in [0.2, 0.25) is 0 Å². The van der Waals surface area contributed by atoms with E-state index in [-0.39, 0.29) is 0 Å². The Morgan fingerprint density at radius 2 is 1.64 bits per heavy atom. The second-order valence-corrected chi connectivity index (χ2v) is 10.6. The van der Waals surface area contributed by atoms with Crippen molar-refractivity contribution in [2.45, 2.75) is 32.7 Å². The predicted molar refractivity (Wildman–Crippen MR) is 156 cm³/mol. The Morgan fingerprint density at radius 1 is 0.889 bits per heavy atom. The smallest absolute Gasteiger partial charge is 0.128 e. The first-order chi connectivity index (χ1) is 17.5. The number of imidazole rings is 1. The maximum atomic E-state index is 6.26. The van der Waals surface area contributed by atoms with E-state index >= 15 is 0 Å². The highest BCUT2D eigenvalue weighted by Crippen LogP contribution is 2.40. The fourth-order valence-corrected chi connectivity index (χ4v) is 5.88. The van der Waals surface area contributed by atoms with E-state index in [1.54, 1.807) is 0 Å². The molecule has 1 N–H and O–H groups in total. The second kappa shape index (κ2) is 9.44. The van der Waals surface area contributed by atoms with Gasteiger partial charge in [0, 0.05) is 39.6 Å². The summed E-state index contributed by atoms with van der Waals surface area (Å²) in [6.07, 6.45) is 5.51. The Morgan fingerprint density at radius 3 is 2.39 bits per heavy atom. The van der Waals surface area contributed by atoms with Crippen LogP contribution in [0.2, 0.25) is 10.0 Å². The lowest BCUT2D eigenvalue weighted by Crippen LogP contribution is -2.14. The molecule has 0 unspecified atom stereocenters. The number of thiocarbonyl (C=S) groups is 1. The van der Waals surface area contributed by atoms with Gasteiger partial charge in [-0.2, -0.15) is 0 Å². The van der Waals surface area contributed by atoms with Crippen molar-refractivity contribution in [1.29, 1.82) is 0 Å². The van der Waals surface area contributed by atoms with Gasteiger partial charge in [0.15, 0.2) is 0 Å². The van der Waals surface area contributed by atoms with E-state index in [0.717, 1.165) is 47.8 Å². The number of benzene rings is 3. The number of aromatic nitrogens is 2.